The lowest BCUT2D eigenvalue weighted by atomic mass is 10.1. The van der Waals surface area contributed by atoms with Crippen LogP contribution in [-0.4, -0.2) is 38.9 Å². The van der Waals surface area contributed by atoms with Crippen LogP contribution < -0.4 is 4.90 Å². The van der Waals surface area contributed by atoms with Gasteiger partial charge in [0, 0.05) is 12.1 Å². The fourth-order valence-electron chi connectivity index (χ4n) is 2.48. The lowest BCUT2D eigenvalue weighted by Gasteiger charge is -2.29. The molecule has 112 valence electrons. The number of aromatic nitrogens is 2. The topological polar surface area (TPSA) is 66.3 Å². The Hall–Kier alpha value is -1.74. The van der Waals surface area contributed by atoms with Gasteiger partial charge in [-0.05, 0) is 36.2 Å². The first-order chi connectivity index (χ1) is 9.88. The number of anilines is 1. The average Bonchev–Trinajstić information content (AvgIpc) is 3.01. The molecular formula is C12H10F3N3O2S. The van der Waals surface area contributed by atoms with E-state index in [1.807, 2.05) is 0 Å². The number of rotatable bonds is 2. The second-order valence-electron chi connectivity index (χ2n) is 4.78. The second kappa shape index (κ2) is 4.92. The summed E-state index contributed by atoms with van der Waals surface area (Å²) in [5.74, 6) is -0.430. The molecule has 2 aromatic rings. The molecule has 1 aromatic heterocycles. The molecule has 2 heterocycles. The van der Waals surface area contributed by atoms with Crippen molar-refractivity contribution in [1.29, 1.82) is 0 Å². The van der Waals surface area contributed by atoms with E-state index < -0.39 is 24.2 Å². The van der Waals surface area contributed by atoms with E-state index in [0.717, 1.165) is 16.4 Å². The molecule has 9 heteroatoms. The number of aliphatic hydroxyl groups excluding tert-OH is 1. The highest BCUT2D eigenvalue weighted by Crippen LogP contribution is 2.35. The second-order valence-corrected chi connectivity index (χ2v) is 5.57. The normalized spacial score (nSPS) is 21.2. The van der Waals surface area contributed by atoms with Crippen LogP contribution in [0.3, 0.4) is 0 Å². The Bertz CT molecular complexity index is 688. The van der Waals surface area contributed by atoms with Gasteiger partial charge in [0.15, 0.2) is 6.10 Å². The summed E-state index contributed by atoms with van der Waals surface area (Å²) in [5.41, 5.74) is 0.938. The van der Waals surface area contributed by atoms with Crippen molar-refractivity contribution in [2.24, 2.45) is 0 Å². The standard InChI is InChI=1S/C12H10F3N3O2S/c13-12(14,15)11(20)8-3-4-10(19)18(8)6-1-2-7-9(5-6)21-17-16-7/h1-2,5,8,11,20H,3-4H2/t8-,11-/m0/s1. The van der Waals surface area contributed by atoms with Crippen LogP contribution in [0.5, 0.6) is 0 Å². The Morgan fingerprint density at radius 3 is 2.90 bits per heavy atom. The molecule has 0 aliphatic carbocycles. The van der Waals surface area contributed by atoms with E-state index in [1.165, 1.54) is 6.07 Å². The summed E-state index contributed by atoms with van der Waals surface area (Å²) in [4.78, 5) is 12.9. The SMILES string of the molecule is O=C1CC[C@@H]([C@H](O)C(F)(F)F)N1c1ccc2nnsc2c1. The van der Waals surface area contributed by atoms with Crippen LogP contribution in [-0.2, 0) is 4.79 Å². The third kappa shape index (κ3) is 2.46. The lowest BCUT2D eigenvalue weighted by molar-refractivity contribution is -0.209. The molecular weight excluding hydrogens is 307 g/mol. The average molecular weight is 317 g/mol. The number of alkyl halides is 3. The van der Waals surface area contributed by atoms with Crippen LogP contribution >= 0.6 is 11.5 Å². The summed E-state index contributed by atoms with van der Waals surface area (Å²) < 4.78 is 42.6. The maximum atomic E-state index is 12.7. The van der Waals surface area contributed by atoms with Crippen molar-refractivity contribution in [2.75, 3.05) is 4.90 Å². The maximum Gasteiger partial charge on any atom is 0.416 e. The zero-order valence-electron chi connectivity index (χ0n) is 10.5. The minimum atomic E-state index is -4.76. The van der Waals surface area contributed by atoms with Gasteiger partial charge in [0.2, 0.25) is 5.91 Å². The lowest BCUT2D eigenvalue weighted by Crippen LogP contribution is -2.48. The number of hydrogen-bond acceptors (Lipinski definition) is 5. The van der Waals surface area contributed by atoms with Crippen molar-refractivity contribution in [3.05, 3.63) is 18.2 Å². The van der Waals surface area contributed by atoms with Crippen molar-refractivity contribution >= 4 is 33.3 Å². The van der Waals surface area contributed by atoms with Gasteiger partial charge in [-0.1, -0.05) is 4.49 Å². The summed E-state index contributed by atoms with van der Waals surface area (Å²) in [7, 11) is 0. The van der Waals surface area contributed by atoms with E-state index in [9.17, 15) is 23.1 Å². The van der Waals surface area contributed by atoms with E-state index in [0.29, 0.717) is 15.9 Å². The first-order valence-electron chi connectivity index (χ1n) is 6.17. The fourth-order valence-corrected chi connectivity index (χ4v) is 3.07. The molecule has 0 bridgehead atoms. The largest absolute Gasteiger partial charge is 0.416 e. The summed E-state index contributed by atoms with van der Waals surface area (Å²) in [5, 5.41) is 13.3. The molecule has 1 aliphatic rings. The van der Waals surface area contributed by atoms with Crippen molar-refractivity contribution < 1.29 is 23.1 Å². The summed E-state index contributed by atoms with van der Waals surface area (Å²) in [6, 6.07) is 3.38. The molecule has 5 nitrogen and oxygen atoms in total. The highest BCUT2D eigenvalue weighted by Gasteiger charge is 2.49. The highest BCUT2D eigenvalue weighted by atomic mass is 32.1. The Kier molecular flexibility index (Phi) is 3.33. The van der Waals surface area contributed by atoms with E-state index in [4.69, 9.17) is 0 Å². The van der Waals surface area contributed by atoms with Gasteiger partial charge < -0.3 is 10.0 Å². The molecule has 0 spiro atoms. The van der Waals surface area contributed by atoms with Gasteiger partial charge in [0.05, 0.1) is 10.7 Å². The minimum absolute atomic E-state index is 0.0171. The van der Waals surface area contributed by atoms with Crippen LogP contribution in [0.4, 0.5) is 18.9 Å². The Morgan fingerprint density at radius 1 is 1.43 bits per heavy atom. The molecule has 1 fully saturated rings. The molecule has 0 radical (unpaired) electrons. The van der Waals surface area contributed by atoms with Gasteiger partial charge in [-0.25, -0.2) is 0 Å². The van der Waals surface area contributed by atoms with Gasteiger partial charge in [-0.3, -0.25) is 4.79 Å². The Morgan fingerprint density at radius 2 is 2.19 bits per heavy atom. The van der Waals surface area contributed by atoms with Gasteiger partial charge in [0.25, 0.3) is 0 Å². The quantitative estimate of drug-likeness (QED) is 0.921. The zero-order valence-corrected chi connectivity index (χ0v) is 11.4. The van der Waals surface area contributed by atoms with E-state index in [2.05, 4.69) is 9.59 Å². The number of halogens is 3. The fraction of sp³-hybridized carbons (Fsp3) is 0.417. The molecule has 0 unspecified atom stereocenters. The van der Waals surface area contributed by atoms with Crippen LogP contribution in [0, 0.1) is 0 Å². The smallest absolute Gasteiger partial charge is 0.382 e. The molecule has 1 saturated heterocycles. The number of hydrogen-bond donors (Lipinski definition) is 1. The van der Waals surface area contributed by atoms with E-state index in [1.54, 1.807) is 12.1 Å². The number of nitrogens with zero attached hydrogens (tertiary/aromatic N) is 3. The molecule has 1 amide bonds. The molecule has 3 rings (SSSR count). The molecule has 21 heavy (non-hydrogen) atoms. The van der Waals surface area contributed by atoms with Crippen LogP contribution in [0.15, 0.2) is 18.2 Å². The number of carbonyl (C=O) groups is 1. The Labute approximate surface area is 121 Å². The molecule has 1 N–H and O–H groups in total. The molecule has 2 atom stereocenters. The van der Waals surface area contributed by atoms with Crippen molar-refractivity contribution in [3.8, 4) is 0 Å². The van der Waals surface area contributed by atoms with Crippen molar-refractivity contribution in [3.63, 3.8) is 0 Å². The third-order valence-corrected chi connectivity index (χ3v) is 4.15. The van der Waals surface area contributed by atoms with Crippen molar-refractivity contribution in [1.82, 2.24) is 9.59 Å². The predicted octanol–water partition coefficient (Wildman–Crippen LogP) is 2.11. The van der Waals surface area contributed by atoms with Gasteiger partial charge in [0.1, 0.15) is 5.52 Å². The summed E-state index contributed by atoms with van der Waals surface area (Å²) in [6.45, 7) is 0. The summed E-state index contributed by atoms with van der Waals surface area (Å²) >= 11 is 1.09. The van der Waals surface area contributed by atoms with Crippen LogP contribution in [0.1, 0.15) is 12.8 Å². The number of carbonyl (C=O) groups excluding carboxylic acids is 1. The van der Waals surface area contributed by atoms with Gasteiger partial charge in [-0.15, -0.1) is 5.10 Å². The first-order valence-corrected chi connectivity index (χ1v) is 6.94. The first kappa shape index (κ1) is 14.2. The van der Waals surface area contributed by atoms with E-state index >= 15 is 0 Å². The molecule has 1 aliphatic heterocycles. The summed E-state index contributed by atoms with van der Waals surface area (Å²) in [6.07, 6.45) is -7.36. The number of fused-ring (bicyclic) bond motifs is 1. The van der Waals surface area contributed by atoms with Crippen LogP contribution in [0.2, 0.25) is 0 Å². The monoisotopic (exact) mass is 317 g/mol. The zero-order chi connectivity index (χ0) is 15.2. The number of benzene rings is 1. The highest BCUT2D eigenvalue weighted by molar-refractivity contribution is 7.12. The Balaban J connectivity index is 1.98. The number of aliphatic hydroxyl groups is 1. The van der Waals surface area contributed by atoms with Gasteiger partial charge >= 0.3 is 6.18 Å². The molecule has 0 saturated carbocycles. The van der Waals surface area contributed by atoms with E-state index in [-0.39, 0.29) is 12.8 Å². The van der Waals surface area contributed by atoms with Gasteiger partial charge in [-0.2, -0.15) is 13.2 Å². The third-order valence-electron chi connectivity index (χ3n) is 3.46. The number of amides is 1. The van der Waals surface area contributed by atoms with Crippen LogP contribution in [0.25, 0.3) is 10.2 Å². The predicted molar refractivity (Wildman–Crippen MR) is 70.0 cm³/mol. The molecule has 1 aromatic carbocycles. The minimum Gasteiger partial charge on any atom is -0.382 e. The maximum absolute atomic E-state index is 12.7. The van der Waals surface area contributed by atoms with Crippen molar-refractivity contribution in [2.45, 2.75) is 31.2 Å².